The lowest BCUT2D eigenvalue weighted by atomic mass is 10.1. The molecule has 0 aliphatic heterocycles. The molecule has 0 unspecified atom stereocenters. The van der Waals surface area contributed by atoms with Gasteiger partial charge in [-0.25, -0.2) is 13.5 Å². The molecule has 0 bridgehead atoms. The lowest BCUT2D eigenvalue weighted by molar-refractivity contribution is 0.583. The standard InChI is InChI=1S/C18H14F2N4O/c19-14-7-13(8-15(20)9-14)16-4-5-17(25)24(23-16)10-11-2-1-3-12(6-11)18(21)22/h1-9H,10H2,(H3,21,22). The zero-order chi connectivity index (χ0) is 18.0. The molecule has 3 aromatic rings. The Kier molecular flexibility index (Phi) is 4.38. The first-order chi connectivity index (χ1) is 11.9. The SMILES string of the molecule is N=C(N)c1cccc(Cn2nc(-c3cc(F)cc(F)c3)ccc2=O)c1. The molecule has 0 saturated heterocycles. The van der Waals surface area contributed by atoms with Gasteiger partial charge in [-0.05, 0) is 29.8 Å². The summed E-state index contributed by atoms with van der Waals surface area (Å²) < 4.78 is 28.0. The molecule has 1 heterocycles. The van der Waals surface area contributed by atoms with Crippen LogP contribution in [0.25, 0.3) is 11.3 Å². The molecule has 0 aliphatic carbocycles. The van der Waals surface area contributed by atoms with Crippen molar-refractivity contribution in [2.24, 2.45) is 5.73 Å². The lowest BCUT2D eigenvalue weighted by Crippen LogP contribution is -2.23. The third kappa shape index (κ3) is 3.77. The van der Waals surface area contributed by atoms with Crippen LogP contribution in [-0.2, 0) is 6.54 Å². The van der Waals surface area contributed by atoms with Crippen molar-refractivity contribution in [3.05, 3.63) is 87.7 Å². The molecule has 0 spiro atoms. The predicted octanol–water partition coefficient (Wildman–Crippen LogP) is 2.52. The van der Waals surface area contributed by atoms with E-state index in [1.54, 1.807) is 24.3 Å². The Bertz CT molecular complexity index is 994. The minimum Gasteiger partial charge on any atom is -0.384 e. The molecule has 7 heteroatoms. The molecule has 3 rings (SSSR count). The Balaban J connectivity index is 1.99. The number of nitrogens with zero attached hydrogens (tertiary/aromatic N) is 2. The van der Waals surface area contributed by atoms with Crippen molar-refractivity contribution < 1.29 is 8.78 Å². The zero-order valence-electron chi connectivity index (χ0n) is 13.0. The molecular formula is C18H14F2N4O. The van der Waals surface area contributed by atoms with Gasteiger partial charge < -0.3 is 5.73 Å². The van der Waals surface area contributed by atoms with E-state index < -0.39 is 11.6 Å². The summed E-state index contributed by atoms with van der Waals surface area (Å²) in [4.78, 5) is 12.0. The summed E-state index contributed by atoms with van der Waals surface area (Å²) in [5.74, 6) is -1.52. The van der Waals surface area contributed by atoms with Crippen LogP contribution in [0.15, 0.2) is 59.4 Å². The van der Waals surface area contributed by atoms with Crippen LogP contribution in [0.3, 0.4) is 0 Å². The summed E-state index contributed by atoms with van der Waals surface area (Å²) in [6.07, 6.45) is 0. The molecule has 0 saturated carbocycles. The van der Waals surface area contributed by atoms with Crippen molar-refractivity contribution in [3.63, 3.8) is 0 Å². The van der Waals surface area contributed by atoms with Crippen molar-refractivity contribution in [3.8, 4) is 11.3 Å². The second-order valence-corrected chi connectivity index (χ2v) is 5.49. The quantitative estimate of drug-likeness (QED) is 0.565. The Morgan fingerprint density at radius 1 is 1.08 bits per heavy atom. The first-order valence-electron chi connectivity index (χ1n) is 7.40. The second kappa shape index (κ2) is 6.64. The van der Waals surface area contributed by atoms with Gasteiger partial charge in [-0.1, -0.05) is 18.2 Å². The number of rotatable bonds is 4. The highest BCUT2D eigenvalue weighted by Crippen LogP contribution is 2.18. The molecular weight excluding hydrogens is 326 g/mol. The van der Waals surface area contributed by atoms with E-state index in [9.17, 15) is 13.6 Å². The average Bonchev–Trinajstić information content (AvgIpc) is 2.56. The van der Waals surface area contributed by atoms with E-state index in [-0.39, 0.29) is 29.2 Å². The molecule has 25 heavy (non-hydrogen) atoms. The maximum Gasteiger partial charge on any atom is 0.267 e. The maximum atomic E-state index is 13.4. The largest absolute Gasteiger partial charge is 0.384 e. The molecule has 0 radical (unpaired) electrons. The van der Waals surface area contributed by atoms with Gasteiger partial charge in [-0.3, -0.25) is 10.2 Å². The van der Waals surface area contributed by atoms with Gasteiger partial charge in [-0.15, -0.1) is 0 Å². The van der Waals surface area contributed by atoms with Crippen LogP contribution in [0.4, 0.5) is 8.78 Å². The summed E-state index contributed by atoms with van der Waals surface area (Å²) in [6.45, 7) is 0.144. The fraction of sp³-hybridized carbons (Fsp3) is 0.0556. The maximum absolute atomic E-state index is 13.4. The van der Waals surface area contributed by atoms with Crippen LogP contribution in [0.1, 0.15) is 11.1 Å². The first-order valence-corrected chi connectivity index (χ1v) is 7.40. The fourth-order valence-corrected chi connectivity index (χ4v) is 2.43. The Labute approximate surface area is 141 Å². The minimum atomic E-state index is -0.719. The molecule has 2 aromatic carbocycles. The van der Waals surface area contributed by atoms with E-state index in [1.807, 2.05) is 0 Å². The van der Waals surface area contributed by atoms with Gasteiger partial charge in [0.25, 0.3) is 5.56 Å². The average molecular weight is 340 g/mol. The number of amidine groups is 1. The van der Waals surface area contributed by atoms with Crippen LogP contribution in [0.2, 0.25) is 0 Å². The van der Waals surface area contributed by atoms with Gasteiger partial charge in [0, 0.05) is 23.3 Å². The number of halogens is 2. The van der Waals surface area contributed by atoms with Crippen molar-refractivity contribution in [1.29, 1.82) is 5.41 Å². The topological polar surface area (TPSA) is 84.8 Å². The van der Waals surface area contributed by atoms with Gasteiger partial charge >= 0.3 is 0 Å². The summed E-state index contributed by atoms with van der Waals surface area (Å²) >= 11 is 0. The van der Waals surface area contributed by atoms with E-state index in [0.717, 1.165) is 23.8 Å². The molecule has 5 nitrogen and oxygen atoms in total. The number of aromatic nitrogens is 2. The number of benzene rings is 2. The first kappa shape index (κ1) is 16.5. The lowest BCUT2D eigenvalue weighted by Gasteiger charge is -2.09. The summed E-state index contributed by atoms with van der Waals surface area (Å²) in [5, 5.41) is 11.6. The highest BCUT2D eigenvalue weighted by molar-refractivity contribution is 5.95. The van der Waals surface area contributed by atoms with Crippen LogP contribution in [0.5, 0.6) is 0 Å². The number of nitrogen functional groups attached to an aromatic ring is 1. The number of hydrogen-bond acceptors (Lipinski definition) is 3. The molecule has 0 aliphatic rings. The van der Waals surface area contributed by atoms with E-state index in [0.29, 0.717) is 5.56 Å². The Morgan fingerprint density at radius 3 is 2.48 bits per heavy atom. The van der Waals surface area contributed by atoms with E-state index >= 15 is 0 Å². The second-order valence-electron chi connectivity index (χ2n) is 5.49. The van der Waals surface area contributed by atoms with Gasteiger partial charge in [-0.2, -0.15) is 5.10 Å². The number of nitrogens with two attached hydrogens (primary N) is 1. The highest BCUT2D eigenvalue weighted by Gasteiger charge is 2.08. The normalized spacial score (nSPS) is 10.6. The summed E-state index contributed by atoms with van der Waals surface area (Å²) in [6, 6.07) is 12.6. The molecule has 0 atom stereocenters. The third-order valence-corrected chi connectivity index (χ3v) is 3.60. The minimum absolute atomic E-state index is 0.0776. The molecule has 0 amide bonds. The zero-order valence-corrected chi connectivity index (χ0v) is 13.0. The van der Waals surface area contributed by atoms with Gasteiger partial charge in [0.1, 0.15) is 17.5 Å². The molecule has 0 fully saturated rings. The van der Waals surface area contributed by atoms with Crippen LogP contribution >= 0.6 is 0 Å². The van der Waals surface area contributed by atoms with Gasteiger partial charge in [0.05, 0.1) is 12.2 Å². The Hall–Kier alpha value is -3.35. The number of hydrogen-bond donors (Lipinski definition) is 2. The molecule has 3 N–H and O–H groups in total. The van der Waals surface area contributed by atoms with Crippen LogP contribution in [0, 0.1) is 17.0 Å². The monoisotopic (exact) mass is 340 g/mol. The summed E-state index contributed by atoms with van der Waals surface area (Å²) in [7, 11) is 0. The van der Waals surface area contributed by atoms with E-state index in [4.69, 9.17) is 11.1 Å². The van der Waals surface area contributed by atoms with Crippen molar-refractivity contribution in [2.75, 3.05) is 0 Å². The van der Waals surface area contributed by atoms with E-state index in [2.05, 4.69) is 5.10 Å². The van der Waals surface area contributed by atoms with Crippen LogP contribution < -0.4 is 11.3 Å². The van der Waals surface area contributed by atoms with Crippen molar-refractivity contribution in [1.82, 2.24) is 9.78 Å². The predicted molar refractivity (Wildman–Crippen MR) is 90.4 cm³/mol. The Morgan fingerprint density at radius 2 is 1.80 bits per heavy atom. The fourth-order valence-electron chi connectivity index (χ4n) is 2.43. The van der Waals surface area contributed by atoms with Crippen molar-refractivity contribution >= 4 is 5.84 Å². The third-order valence-electron chi connectivity index (χ3n) is 3.60. The highest BCUT2D eigenvalue weighted by atomic mass is 19.1. The molecule has 1 aromatic heterocycles. The number of nitrogens with one attached hydrogen (secondary N) is 1. The summed E-state index contributed by atoms with van der Waals surface area (Å²) in [5.41, 5.74) is 6.89. The van der Waals surface area contributed by atoms with Crippen LogP contribution in [-0.4, -0.2) is 15.6 Å². The van der Waals surface area contributed by atoms with Gasteiger partial charge in [0.2, 0.25) is 0 Å². The smallest absolute Gasteiger partial charge is 0.267 e. The molecule has 126 valence electrons. The van der Waals surface area contributed by atoms with E-state index in [1.165, 1.54) is 16.8 Å². The van der Waals surface area contributed by atoms with Crippen molar-refractivity contribution in [2.45, 2.75) is 6.54 Å². The van der Waals surface area contributed by atoms with Gasteiger partial charge in [0.15, 0.2) is 0 Å².